The molecule has 13 heavy (non-hydrogen) atoms. The lowest BCUT2D eigenvalue weighted by atomic mass is 10.3. The lowest BCUT2D eigenvalue weighted by Crippen LogP contribution is -2.41. The number of thiocarbonyl (C=S) groups is 1. The van der Waals surface area contributed by atoms with Crippen LogP contribution in [0.4, 0.5) is 0 Å². The lowest BCUT2D eigenvalue weighted by Gasteiger charge is -2.11. The number of carbonyl (C=O) groups is 1. The number of nitrogens with one attached hydrogen (secondary N) is 2. The Labute approximate surface area is 81.8 Å². The number of hydrogen-bond acceptors (Lipinski definition) is 4. The Balaban J connectivity index is 2.40. The summed E-state index contributed by atoms with van der Waals surface area (Å²) in [5.41, 5.74) is 0. The first-order valence-corrected chi connectivity index (χ1v) is 5.97. The molecule has 2 N–H and O–H groups in total. The van der Waals surface area contributed by atoms with E-state index in [1.54, 1.807) is 0 Å². The zero-order valence-electron chi connectivity index (χ0n) is 6.82. The van der Waals surface area contributed by atoms with Crippen LogP contribution in [-0.2, 0) is 14.6 Å². The van der Waals surface area contributed by atoms with Gasteiger partial charge in [-0.3, -0.25) is 4.79 Å². The van der Waals surface area contributed by atoms with Gasteiger partial charge in [0.1, 0.15) is 0 Å². The minimum atomic E-state index is -2.89. The SMILES string of the molecule is O=CNC(=S)N[C@H]1CCS(=O)(=O)C1. The average molecular weight is 222 g/mol. The topological polar surface area (TPSA) is 75.3 Å². The van der Waals surface area contributed by atoms with Gasteiger partial charge in [0, 0.05) is 6.04 Å². The van der Waals surface area contributed by atoms with E-state index in [4.69, 9.17) is 12.2 Å². The maximum absolute atomic E-state index is 11.0. The van der Waals surface area contributed by atoms with Crippen molar-refractivity contribution in [2.75, 3.05) is 11.5 Å². The Kier molecular flexibility index (Phi) is 3.21. The maximum atomic E-state index is 11.0. The molecule has 0 bridgehead atoms. The van der Waals surface area contributed by atoms with Crippen LogP contribution in [0.3, 0.4) is 0 Å². The van der Waals surface area contributed by atoms with Crippen LogP contribution in [0.15, 0.2) is 0 Å². The van der Waals surface area contributed by atoms with Gasteiger partial charge in [-0.15, -0.1) is 0 Å². The number of sulfone groups is 1. The van der Waals surface area contributed by atoms with Gasteiger partial charge in [0.05, 0.1) is 11.5 Å². The summed E-state index contributed by atoms with van der Waals surface area (Å²) in [4.78, 5) is 9.96. The van der Waals surface area contributed by atoms with E-state index in [0.29, 0.717) is 12.8 Å². The largest absolute Gasteiger partial charge is 0.359 e. The maximum Gasteiger partial charge on any atom is 0.213 e. The molecular formula is C6H10N2O3S2. The molecule has 1 fully saturated rings. The fourth-order valence-electron chi connectivity index (χ4n) is 1.19. The van der Waals surface area contributed by atoms with Crippen LogP contribution < -0.4 is 10.6 Å². The summed E-state index contributed by atoms with van der Waals surface area (Å²) in [5.74, 6) is 0.280. The third-order valence-corrected chi connectivity index (χ3v) is 3.76. The molecule has 0 aromatic carbocycles. The van der Waals surface area contributed by atoms with Gasteiger partial charge in [0.15, 0.2) is 14.9 Å². The Morgan fingerprint density at radius 1 is 1.54 bits per heavy atom. The summed E-state index contributed by atoms with van der Waals surface area (Å²) >= 11 is 4.72. The van der Waals surface area contributed by atoms with E-state index in [9.17, 15) is 13.2 Å². The molecule has 0 saturated carbocycles. The summed E-state index contributed by atoms with van der Waals surface area (Å²) in [6, 6.07) is -0.162. The first kappa shape index (κ1) is 10.4. The molecule has 0 unspecified atom stereocenters. The number of amides is 1. The summed E-state index contributed by atoms with van der Waals surface area (Å²) in [5, 5.41) is 5.17. The van der Waals surface area contributed by atoms with Crippen molar-refractivity contribution in [2.24, 2.45) is 0 Å². The molecule has 5 nitrogen and oxygen atoms in total. The van der Waals surface area contributed by atoms with Crippen LogP contribution in [0.1, 0.15) is 6.42 Å². The van der Waals surface area contributed by atoms with Crippen LogP contribution >= 0.6 is 12.2 Å². The third-order valence-electron chi connectivity index (χ3n) is 1.76. The van der Waals surface area contributed by atoms with E-state index < -0.39 is 9.84 Å². The highest BCUT2D eigenvalue weighted by Crippen LogP contribution is 2.10. The first-order chi connectivity index (χ1) is 6.03. The predicted octanol–water partition coefficient (Wildman–Crippen LogP) is -1.21. The van der Waals surface area contributed by atoms with Crippen molar-refractivity contribution < 1.29 is 13.2 Å². The van der Waals surface area contributed by atoms with Gasteiger partial charge >= 0.3 is 0 Å². The molecule has 1 amide bonds. The Hall–Kier alpha value is -0.690. The van der Waals surface area contributed by atoms with E-state index in [0.717, 1.165) is 0 Å². The summed E-state index contributed by atoms with van der Waals surface area (Å²) in [7, 11) is -2.89. The normalized spacial score (nSPS) is 25.1. The van der Waals surface area contributed by atoms with Crippen molar-refractivity contribution in [3.05, 3.63) is 0 Å². The second kappa shape index (κ2) is 4.01. The molecule has 1 aliphatic heterocycles. The molecule has 1 atom stereocenters. The number of carbonyl (C=O) groups excluding carboxylic acids is 1. The second-order valence-electron chi connectivity index (χ2n) is 2.84. The van der Waals surface area contributed by atoms with E-state index in [2.05, 4.69) is 10.6 Å². The van der Waals surface area contributed by atoms with E-state index in [-0.39, 0.29) is 22.7 Å². The second-order valence-corrected chi connectivity index (χ2v) is 5.47. The number of hydrogen-bond donors (Lipinski definition) is 2. The molecule has 1 rings (SSSR count). The fourth-order valence-corrected chi connectivity index (χ4v) is 3.08. The average Bonchev–Trinajstić information content (AvgIpc) is 2.30. The van der Waals surface area contributed by atoms with Crippen molar-refractivity contribution >= 4 is 33.6 Å². The van der Waals surface area contributed by atoms with E-state index in [1.165, 1.54) is 0 Å². The fraction of sp³-hybridized carbons (Fsp3) is 0.667. The highest BCUT2D eigenvalue weighted by Gasteiger charge is 2.27. The van der Waals surface area contributed by atoms with Gasteiger partial charge in [0.2, 0.25) is 6.41 Å². The van der Waals surface area contributed by atoms with Crippen LogP contribution in [0.25, 0.3) is 0 Å². The van der Waals surface area contributed by atoms with Gasteiger partial charge in [-0.1, -0.05) is 0 Å². The Bertz CT molecular complexity index is 312. The summed E-state index contributed by atoms with van der Waals surface area (Å²) in [6.45, 7) is 0. The molecule has 1 heterocycles. The molecule has 1 aliphatic rings. The highest BCUT2D eigenvalue weighted by atomic mass is 32.2. The van der Waals surface area contributed by atoms with Crippen molar-refractivity contribution in [2.45, 2.75) is 12.5 Å². The zero-order chi connectivity index (χ0) is 9.90. The molecule has 0 aromatic rings. The minimum Gasteiger partial charge on any atom is -0.359 e. The molecule has 74 valence electrons. The van der Waals surface area contributed by atoms with Gasteiger partial charge in [-0.25, -0.2) is 8.42 Å². The van der Waals surface area contributed by atoms with Gasteiger partial charge in [-0.2, -0.15) is 0 Å². The highest BCUT2D eigenvalue weighted by molar-refractivity contribution is 7.91. The van der Waals surface area contributed by atoms with Crippen molar-refractivity contribution in [1.29, 1.82) is 0 Å². The van der Waals surface area contributed by atoms with Crippen LogP contribution in [-0.4, -0.2) is 37.5 Å². The molecule has 1 saturated heterocycles. The Morgan fingerprint density at radius 2 is 2.23 bits per heavy atom. The van der Waals surface area contributed by atoms with E-state index >= 15 is 0 Å². The van der Waals surface area contributed by atoms with Crippen molar-refractivity contribution in [3.8, 4) is 0 Å². The third kappa shape index (κ3) is 3.27. The zero-order valence-corrected chi connectivity index (χ0v) is 8.45. The number of rotatable bonds is 2. The predicted molar refractivity (Wildman–Crippen MR) is 52.0 cm³/mol. The van der Waals surface area contributed by atoms with Gasteiger partial charge in [0.25, 0.3) is 0 Å². The molecule has 0 aromatic heterocycles. The minimum absolute atomic E-state index is 0.0909. The summed E-state index contributed by atoms with van der Waals surface area (Å²) in [6.07, 6.45) is 1.00. The molecule has 0 aliphatic carbocycles. The van der Waals surface area contributed by atoms with E-state index in [1.807, 2.05) is 0 Å². The standard InChI is InChI=1S/C6H10N2O3S2/c9-4-7-6(12)8-5-1-2-13(10,11)3-5/h4-5H,1-3H2,(H2,7,8,9,12)/t5-/m0/s1. The smallest absolute Gasteiger partial charge is 0.213 e. The van der Waals surface area contributed by atoms with Gasteiger partial charge in [-0.05, 0) is 18.6 Å². The van der Waals surface area contributed by atoms with Crippen LogP contribution in [0.2, 0.25) is 0 Å². The molecular weight excluding hydrogens is 212 g/mol. The van der Waals surface area contributed by atoms with Crippen molar-refractivity contribution in [1.82, 2.24) is 10.6 Å². The van der Waals surface area contributed by atoms with Crippen molar-refractivity contribution in [3.63, 3.8) is 0 Å². The molecule has 0 radical (unpaired) electrons. The lowest BCUT2D eigenvalue weighted by molar-refractivity contribution is -0.108. The quantitative estimate of drug-likeness (QED) is 0.453. The first-order valence-electron chi connectivity index (χ1n) is 3.74. The van der Waals surface area contributed by atoms with Gasteiger partial charge < -0.3 is 10.6 Å². The molecule has 7 heteroatoms. The van der Waals surface area contributed by atoms with Crippen LogP contribution in [0.5, 0.6) is 0 Å². The Morgan fingerprint density at radius 3 is 2.69 bits per heavy atom. The monoisotopic (exact) mass is 222 g/mol. The van der Waals surface area contributed by atoms with Crippen LogP contribution in [0, 0.1) is 0 Å². The molecule has 0 spiro atoms. The summed E-state index contributed by atoms with van der Waals surface area (Å²) < 4.78 is 22.0.